The zero-order chi connectivity index (χ0) is 12.6. The number of halogens is 1. The van der Waals surface area contributed by atoms with E-state index in [0.29, 0.717) is 18.1 Å². The van der Waals surface area contributed by atoms with Crippen LogP contribution in [0.1, 0.15) is 19.8 Å². The van der Waals surface area contributed by atoms with E-state index in [9.17, 15) is 0 Å². The van der Waals surface area contributed by atoms with Gasteiger partial charge in [-0.05, 0) is 31.4 Å². The highest BCUT2D eigenvalue weighted by Gasteiger charge is 2.28. The number of aromatic amines is 1. The van der Waals surface area contributed by atoms with Crippen molar-refractivity contribution in [2.24, 2.45) is 0 Å². The van der Waals surface area contributed by atoms with E-state index in [1.54, 1.807) is 6.20 Å². The fourth-order valence-corrected chi connectivity index (χ4v) is 2.39. The predicted octanol–water partition coefficient (Wildman–Crippen LogP) is 1.99. The molecule has 1 aliphatic rings. The normalized spacial score (nSPS) is 24.3. The third-order valence-electron chi connectivity index (χ3n) is 3.14. The number of rotatable bonds is 2. The summed E-state index contributed by atoms with van der Waals surface area (Å²) in [6.45, 7) is 3.60. The summed E-state index contributed by atoms with van der Waals surface area (Å²) in [6, 6.07) is 0. The molecule has 0 saturated carbocycles. The molecular formula is C11H14ClN5O. The Hall–Kier alpha value is -1.40. The van der Waals surface area contributed by atoms with Crippen LogP contribution < -0.4 is 5.32 Å². The quantitative estimate of drug-likeness (QED) is 0.814. The number of hydrogen-bond donors (Lipinski definition) is 2. The van der Waals surface area contributed by atoms with Crippen LogP contribution in [-0.4, -0.2) is 38.9 Å². The van der Waals surface area contributed by atoms with Gasteiger partial charge in [-0.25, -0.2) is 0 Å². The van der Waals surface area contributed by atoms with Crippen molar-refractivity contribution in [3.63, 3.8) is 0 Å². The molecule has 0 aliphatic carbocycles. The molecule has 7 heteroatoms. The lowest BCUT2D eigenvalue weighted by Gasteiger charge is -2.34. The standard InChI is InChI=1S/C11H14ClN5O/c1-11(3-2-4-18-6-11)16-8-7-5-13-17-9(7)15-10(12)14-8/h5H,2-4,6H2,1H3,(H2,13,14,15,16,17). The van der Waals surface area contributed by atoms with Crippen LogP contribution in [0.3, 0.4) is 0 Å². The van der Waals surface area contributed by atoms with Gasteiger partial charge in [0.05, 0.1) is 23.7 Å². The predicted molar refractivity (Wildman–Crippen MR) is 68.8 cm³/mol. The molecule has 18 heavy (non-hydrogen) atoms. The van der Waals surface area contributed by atoms with E-state index >= 15 is 0 Å². The summed E-state index contributed by atoms with van der Waals surface area (Å²) in [4.78, 5) is 8.32. The van der Waals surface area contributed by atoms with Gasteiger partial charge in [-0.3, -0.25) is 5.10 Å². The van der Waals surface area contributed by atoms with E-state index in [0.717, 1.165) is 24.8 Å². The Morgan fingerprint density at radius 3 is 3.17 bits per heavy atom. The summed E-state index contributed by atoms with van der Waals surface area (Å²) >= 11 is 5.90. The Bertz CT molecular complexity index is 564. The van der Waals surface area contributed by atoms with Crippen LogP contribution in [0.2, 0.25) is 5.28 Å². The van der Waals surface area contributed by atoms with Gasteiger partial charge in [0.15, 0.2) is 5.65 Å². The highest BCUT2D eigenvalue weighted by atomic mass is 35.5. The Balaban J connectivity index is 1.96. The molecule has 1 atom stereocenters. The summed E-state index contributed by atoms with van der Waals surface area (Å²) in [7, 11) is 0. The third-order valence-corrected chi connectivity index (χ3v) is 3.31. The molecule has 1 saturated heterocycles. The molecule has 2 aromatic heterocycles. The van der Waals surface area contributed by atoms with Crippen molar-refractivity contribution in [2.75, 3.05) is 18.5 Å². The molecule has 1 fully saturated rings. The second-order valence-corrected chi connectivity index (χ2v) is 5.15. The van der Waals surface area contributed by atoms with Gasteiger partial charge in [0.25, 0.3) is 0 Å². The van der Waals surface area contributed by atoms with Crippen molar-refractivity contribution in [3.05, 3.63) is 11.5 Å². The number of H-pyrrole nitrogens is 1. The second-order valence-electron chi connectivity index (χ2n) is 4.82. The van der Waals surface area contributed by atoms with Crippen LogP contribution >= 0.6 is 11.6 Å². The maximum Gasteiger partial charge on any atom is 0.226 e. The molecule has 6 nitrogen and oxygen atoms in total. The van der Waals surface area contributed by atoms with E-state index in [2.05, 4.69) is 32.4 Å². The van der Waals surface area contributed by atoms with Crippen molar-refractivity contribution >= 4 is 28.5 Å². The lowest BCUT2D eigenvalue weighted by atomic mass is 9.95. The fourth-order valence-electron chi connectivity index (χ4n) is 2.22. The average Bonchev–Trinajstić information content (AvgIpc) is 2.77. The largest absolute Gasteiger partial charge is 0.379 e. The molecule has 0 spiro atoms. The Morgan fingerprint density at radius 1 is 1.50 bits per heavy atom. The van der Waals surface area contributed by atoms with Gasteiger partial charge in [0.1, 0.15) is 5.82 Å². The topological polar surface area (TPSA) is 75.7 Å². The van der Waals surface area contributed by atoms with Gasteiger partial charge in [-0.15, -0.1) is 0 Å². The summed E-state index contributed by atoms with van der Waals surface area (Å²) < 4.78 is 5.52. The van der Waals surface area contributed by atoms with Gasteiger partial charge >= 0.3 is 0 Å². The van der Waals surface area contributed by atoms with Gasteiger partial charge in [0.2, 0.25) is 5.28 Å². The molecular weight excluding hydrogens is 254 g/mol. The molecule has 2 aromatic rings. The van der Waals surface area contributed by atoms with Crippen LogP contribution in [0.5, 0.6) is 0 Å². The van der Waals surface area contributed by atoms with E-state index in [-0.39, 0.29) is 10.8 Å². The first kappa shape index (κ1) is 11.7. The van der Waals surface area contributed by atoms with E-state index in [4.69, 9.17) is 16.3 Å². The molecule has 0 bridgehead atoms. The van der Waals surface area contributed by atoms with Crippen LogP contribution in [0.25, 0.3) is 11.0 Å². The maximum atomic E-state index is 5.90. The minimum absolute atomic E-state index is 0.125. The Labute approximate surface area is 109 Å². The van der Waals surface area contributed by atoms with Crippen molar-refractivity contribution in [3.8, 4) is 0 Å². The summed E-state index contributed by atoms with van der Waals surface area (Å²) in [5, 5.41) is 11.2. The first-order valence-corrected chi connectivity index (χ1v) is 6.27. The van der Waals surface area contributed by atoms with Crippen LogP contribution in [-0.2, 0) is 4.74 Å². The molecule has 2 N–H and O–H groups in total. The van der Waals surface area contributed by atoms with E-state index < -0.39 is 0 Å². The van der Waals surface area contributed by atoms with Gasteiger partial charge in [-0.1, -0.05) is 0 Å². The van der Waals surface area contributed by atoms with Gasteiger partial charge < -0.3 is 10.1 Å². The maximum absolute atomic E-state index is 5.90. The zero-order valence-corrected chi connectivity index (χ0v) is 10.8. The molecule has 3 heterocycles. The smallest absolute Gasteiger partial charge is 0.226 e. The second kappa shape index (κ2) is 4.37. The fraction of sp³-hybridized carbons (Fsp3) is 0.545. The first-order chi connectivity index (χ1) is 8.66. The lowest BCUT2D eigenvalue weighted by Crippen LogP contribution is -2.43. The van der Waals surface area contributed by atoms with Crippen molar-refractivity contribution in [1.29, 1.82) is 0 Å². The van der Waals surface area contributed by atoms with Crippen LogP contribution in [0.4, 0.5) is 5.82 Å². The zero-order valence-electron chi connectivity index (χ0n) is 10.0. The molecule has 0 aromatic carbocycles. The van der Waals surface area contributed by atoms with Crippen molar-refractivity contribution in [2.45, 2.75) is 25.3 Å². The van der Waals surface area contributed by atoms with Crippen molar-refractivity contribution in [1.82, 2.24) is 20.2 Å². The number of fused-ring (bicyclic) bond motifs is 1. The van der Waals surface area contributed by atoms with Crippen LogP contribution in [0.15, 0.2) is 6.20 Å². The molecule has 1 unspecified atom stereocenters. The third kappa shape index (κ3) is 2.13. The number of ether oxygens (including phenoxy) is 1. The SMILES string of the molecule is CC1(Nc2nc(Cl)nc3[nH]ncc23)CCCOC1. The summed E-state index contributed by atoms with van der Waals surface area (Å²) in [5.41, 5.74) is 0.512. The number of nitrogens with zero attached hydrogens (tertiary/aromatic N) is 3. The first-order valence-electron chi connectivity index (χ1n) is 5.89. The van der Waals surface area contributed by atoms with Crippen LogP contribution in [0, 0.1) is 0 Å². The van der Waals surface area contributed by atoms with E-state index in [1.165, 1.54) is 0 Å². The van der Waals surface area contributed by atoms with E-state index in [1.807, 2.05) is 0 Å². The number of anilines is 1. The number of aromatic nitrogens is 4. The number of nitrogens with one attached hydrogen (secondary N) is 2. The molecule has 0 radical (unpaired) electrons. The minimum Gasteiger partial charge on any atom is -0.379 e. The average molecular weight is 268 g/mol. The van der Waals surface area contributed by atoms with Gasteiger partial charge in [-0.2, -0.15) is 15.1 Å². The molecule has 0 amide bonds. The highest BCUT2D eigenvalue weighted by Crippen LogP contribution is 2.27. The molecule has 96 valence electrons. The van der Waals surface area contributed by atoms with Gasteiger partial charge in [0, 0.05) is 6.61 Å². The summed E-state index contributed by atoms with van der Waals surface area (Å²) in [6.07, 6.45) is 3.77. The lowest BCUT2D eigenvalue weighted by molar-refractivity contribution is 0.0539. The number of hydrogen-bond acceptors (Lipinski definition) is 5. The minimum atomic E-state index is -0.125. The Morgan fingerprint density at radius 2 is 2.39 bits per heavy atom. The molecule has 1 aliphatic heterocycles. The van der Waals surface area contributed by atoms with Crippen molar-refractivity contribution < 1.29 is 4.74 Å². The molecule has 3 rings (SSSR count). The monoisotopic (exact) mass is 267 g/mol. The summed E-state index contributed by atoms with van der Waals surface area (Å²) in [5.74, 6) is 0.701. The highest BCUT2D eigenvalue weighted by molar-refractivity contribution is 6.28. The Kier molecular flexibility index (Phi) is 2.83.